The summed E-state index contributed by atoms with van der Waals surface area (Å²) in [6.07, 6.45) is 0. The SMILES string of the molecule is COc1ccc(N2CCN(C(=O)c3ccc(C)c(Cl)c3)CC2)cc1. The van der Waals surface area contributed by atoms with Crippen molar-refractivity contribution < 1.29 is 9.53 Å². The molecule has 1 aliphatic rings. The van der Waals surface area contributed by atoms with Crippen LogP contribution in [0.5, 0.6) is 5.75 Å². The Hall–Kier alpha value is -2.20. The van der Waals surface area contributed by atoms with E-state index < -0.39 is 0 Å². The van der Waals surface area contributed by atoms with Gasteiger partial charge in [-0.25, -0.2) is 0 Å². The number of benzene rings is 2. The second kappa shape index (κ2) is 7.14. The first-order valence-electron chi connectivity index (χ1n) is 8.03. The summed E-state index contributed by atoms with van der Waals surface area (Å²) < 4.78 is 5.19. The first-order chi connectivity index (χ1) is 11.6. The zero-order chi connectivity index (χ0) is 17.1. The van der Waals surface area contributed by atoms with Gasteiger partial charge in [-0.05, 0) is 48.9 Å². The van der Waals surface area contributed by atoms with E-state index in [4.69, 9.17) is 16.3 Å². The van der Waals surface area contributed by atoms with Crippen LogP contribution < -0.4 is 9.64 Å². The summed E-state index contributed by atoms with van der Waals surface area (Å²) in [7, 11) is 1.66. The standard InChI is InChI=1S/C19H21ClN2O2/c1-14-3-4-15(13-18(14)20)19(23)22-11-9-21(10-12-22)16-5-7-17(24-2)8-6-16/h3-8,13H,9-12H2,1-2H3. The van der Waals surface area contributed by atoms with E-state index in [0.29, 0.717) is 23.7 Å². The smallest absolute Gasteiger partial charge is 0.254 e. The fourth-order valence-corrected chi connectivity index (χ4v) is 3.05. The summed E-state index contributed by atoms with van der Waals surface area (Å²) in [5.74, 6) is 0.898. The molecule has 1 fully saturated rings. The van der Waals surface area contributed by atoms with Crippen LogP contribution in [0.25, 0.3) is 0 Å². The molecule has 2 aromatic carbocycles. The molecule has 4 nitrogen and oxygen atoms in total. The fourth-order valence-electron chi connectivity index (χ4n) is 2.87. The maximum Gasteiger partial charge on any atom is 0.254 e. The summed E-state index contributed by atoms with van der Waals surface area (Å²) in [6, 6.07) is 13.5. The number of amides is 1. The van der Waals surface area contributed by atoms with E-state index in [0.717, 1.165) is 30.1 Å². The summed E-state index contributed by atoms with van der Waals surface area (Å²) in [5.41, 5.74) is 2.79. The van der Waals surface area contributed by atoms with Crippen LogP contribution in [-0.4, -0.2) is 44.1 Å². The Kier molecular flexibility index (Phi) is 4.95. The molecule has 1 aliphatic heterocycles. The van der Waals surface area contributed by atoms with Gasteiger partial charge < -0.3 is 14.5 Å². The summed E-state index contributed by atoms with van der Waals surface area (Å²) in [4.78, 5) is 16.8. The third-order valence-corrected chi connectivity index (χ3v) is 4.83. The van der Waals surface area contributed by atoms with Gasteiger partial charge in [0.05, 0.1) is 7.11 Å². The third-order valence-electron chi connectivity index (χ3n) is 4.42. The van der Waals surface area contributed by atoms with Gasteiger partial charge in [-0.3, -0.25) is 4.79 Å². The normalized spacial score (nSPS) is 14.6. The van der Waals surface area contributed by atoms with E-state index >= 15 is 0 Å². The average molecular weight is 345 g/mol. The summed E-state index contributed by atoms with van der Waals surface area (Å²) in [6.45, 7) is 4.98. The molecular weight excluding hydrogens is 324 g/mol. The van der Waals surface area contributed by atoms with Crippen molar-refractivity contribution in [2.45, 2.75) is 6.92 Å². The number of anilines is 1. The average Bonchev–Trinajstić information content (AvgIpc) is 2.63. The molecule has 0 bridgehead atoms. The molecule has 3 rings (SSSR count). The highest BCUT2D eigenvalue weighted by Gasteiger charge is 2.22. The molecule has 0 saturated carbocycles. The lowest BCUT2D eigenvalue weighted by Gasteiger charge is -2.36. The van der Waals surface area contributed by atoms with Crippen LogP contribution in [0.3, 0.4) is 0 Å². The quantitative estimate of drug-likeness (QED) is 0.852. The van der Waals surface area contributed by atoms with E-state index in [1.54, 1.807) is 13.2 Å². The van der Waals surface area contributed by atoms with Crippen molar-refractivity contribution in [2.75, 3.05) is 38.2 Å². The van der Waals surface area contributed by atoms with Gasteiger partial charge >= 0.3 is 0 Å². The molecule has 0 radical (unpaired) electrons. The second-order valence-corrected chi connectivity index (χ2v) is 6.35. The van der Waals surface area contributed by atoms with E-state index in [-0.39, 0.29) is 5.91 Å². The zero-order valence-electron chi connectivity index (χ0n) is 14.0. The molecule has 1 saturated heterocycles. The Labute approximate surface area is 147 Å². The molecule has 1 heterocycles. The first kappa shape index (κ1) is 16.7. The van der Waals surface area contributed by atoms with Gasteiger partial charge in [-0.2, -0.15) is 0 Å². The number of piperazine rings is 1. The molecule has 0 spiro atoms. The lowest BCUT2D eigenvalue weighted by atomic mass is 10.1. The molecule has 2 aromatic rings. The van der Waals surface area contributed by atoms with Crippen molar-refractivity contribution in [1.29, 1.82) is 0 Å². The molecule has 1 amide bonds. The van der Waals surface area contributed by atoms with Crippen molar-refractivity contribution in [3.05, 3.63) is 58.6 Å². The van der Waals surface area contributed by atoms with Crippen LogP contribution >= 0.6 is 11.6 Å². The Morgan fingerprint density at radius 1 is 1.04 bits per heavy atom. The minimum absolute atomic E-state index is 0.0475. The van der Waals surface area contributed by atoms with Gasteiger partial charge in [0.15, 0.2) is 0 Å². The van der Waals surface area contributed by atoms with Crippen LogP contribution in [0.2, 0.25) is 5.02 Å². The fraction of sp³-hybridized carbons (Fsp3) is 0.316. The van der Waals surface area contributed by atoms with Crippen LogP contribution in [0.4, 0.5) is 5.69 Å². The monoisotopic (exact) mass is 344 g/mol. The highest BCUT2D eigenvalue weighted by molar-refractivity contribution is 6.31. The molecule has 0 aliphatic carbocycles. The number of methoxy groups -OCH3 is 1. The number of halogens is 1. The van der Waals surface area contributed by atoms with Gasteiger partial charge in [0.25, 0.3) is 5.91 Å². The number of hydrogen-bond donors (Lipinski definition) is 0. The maximum atomic E-state index is 12.6. The molecule has 0 N–H and O–H groups in total. The molecule has 24 heavy (non-hydrogen) atoms. The molecule has 126 valence electrons. The molecule has 5 heteroatoms. The van der Waals surface area contributed by atoms with Gasteiger partial charge in [0.1, 0.15) is 5.75 Å². The van der Waals surface area contributed by atoms with Crippen molar-refractivity contribution in [3.63, 3.8) is 0 Å². The van der Waals surface area contributed by atoms with E-state index in [2.05, 4.69) is 17.0 Å². The van der Waals surface area contributed by atoms with Crippen molar-refractivity contribution >= 4 is 23.2 Å². The van der Waals surface area contributed by atoms with Crippen molar-refractivity contribution in [3.8, 4) is 5.75 Å². The Morgan fingerprint density at radius 3 is 2.29 bits per heavy atom. The Morgan fingerprint density at radius 2 is 1.71 bits per heavy atom. The van der Waals surface area contributed by atoms with Crippen LogP contribution in [-0.2, 0) is 0 Å². The molecular formula is C19H21ClN2O2. The van der Waals surface area contributed by atoms with E-state index in [1.165, 1.54) is 0 Å². The van der Waals surface area contributed by atoms with E-state index in [9.17, 15) is 4.79 Å². The number of ether oxygens (including phenoxy) is 1. The molecule has 0 atom stereocenters. The largest absolute Gasteiger partial charge is 0.497 e. The van der Waals surface area contributed by atoms with Crippen LogP contribution in [0.15, 0.2) is 42.5 Å². The number of carbonyl (C=O) groups excluding carboxylic acids is 1. The lowest BCUT2D eigenvalue weighted by molar-refractivity contribution is 0.0747. The summed E-state index contributed by atoms with van der Waals surface area (Å²) in [5, 5.41) is 0.637. The van der Waals surface area contributed by atoms with Gasteiger partial charge in [-0.15, -0.1) is 0 Å². The third kappa shape index (κ3) is 3.49. The van der Waals surface area contributed by atoms with Crippen LogP contribution in [0, 0.1) is 6.92 Å². The predicted octanol–water partition coefficient (Wildman–Crippen LogP) is 3.62. The van der Waals surface area contributed by atoms with Crippen molar-refractivity contribution in [2.24, 2.45) is 0 Å². The number of aryl methyl sites for hydroxylation is 1. The minimum atomic E-state index is 0.0475. The van der Waals surface area contributed by atoms with E-state index in [1.807, 2.05) is 36.1 Å². The highest BCUT2D eigenvalue weighted by atomic mass is 35.5. The first-order valence-corrected chi connectivity index (χ1v) is 8.40. The molecule has 0 aromatic heterocycles. The number of rotatable bonds is 3. The van der Waals surface area contributed by atoms with Gasteiger partial charge in [-0.1, -0.05) is 17.7 Å². The molecule has 0 unspecified atom stereocenters. The lowest BCUT2D eigenvalue weighted by Crippen LogP contribution is -2.48. The maximum absolute atomic E-state index is 12.6. The van der Waals surface area contributed by atoms with Crippen LogP contribution in [0.1, 0.15) is 15.9 Å². The predicted molar refractivity (Wildman–Crippen MR) is 97.3 cm³/mol. The Balaban J connectivity index is 1.63. The minimum Gasteiger partial charge on any atom is -0.497 e. The topological polar surface area (TPSA) is 32.8 Å². The number of carbonyl (C=O) groups is 1. The zero-order valence-corrected chi connectivity index (χ0v) is 14.7. The summed E-state index contributed by atoms with van der Waals surface area (Å²) >= 11 is 6.14. The number of nitrogens with zero attached hydrogens (tertiary/aromatic N) is 2. The highest BCUT2D eigenvalue weighted by Crippen LogP contribution is 2.22. The van der Waals surface area contributed by atoms with Crippen molar-refractivity contribution in [1.82, 2.24) is 4.90 Å². The second-order valence-electron chi connectivity index (χ2n) is 5.94. The van der Waals surface area contributed by atoms with Gasteiger partial charge in [0, 0.05) is 42.5 Å². The Bertz CT molecular complexity index is 723. The van der Waals surface area contributed by atoms with Gasteiger partial charge in [0.2, 0.25) is 0 Å². The number of hydrogen-bond acceptors (Lipinski definition) is 3.